The third-order valence-corrected chi connectivity index (χ3v) is 7.56. The minimum Gasteiger partial charge on any atom is -0.303 e. The zero-order chi connectivity index (χ0) is 20.1. The van der Waals surface area contributed by atoms with Gasteiger partial charge in [-0.15, -0.1) is 0 Å². The molecule has 1 heterocycles. The number of hydrogen-bond acceptors (Lipinski definition) is 3. The van der Waals surface area contributed by atoms with Crippen LogP contribution < -0.4 is 4.72 Å². The largest absolute Gasteiger partial charge is 0.303 e. The van der Waals surface area contributed by atoms with Crippen molar-refractivity contribution in [2.24, 2.45) is 11.8 Å². The molecule has 1 aliphatic rings. The molecular weight excluding hydrogens is 356 g/mol. The van der Waals surface area contributed by atoms with Gasteiger partial charge in [0.1, 0.15) is 0 Å². The molecule has 27 heavy (non-hydrogen) atoms. The summed E-state index contributed by atoms with van der Waals surface area (Å²) in [6.45, 7) is 14.4. The molecule has 1 saturated heterocycles. The summed E-state index contributed by atoms with van der Waals surface area (Å²) < 4.78 is 26.5. The van der Waals surface area contributed by atoms with E-state index >= 15 is 0 Å². The van der Waals surface area contributed by atoms with E-state index < -0.39 is 10.0 Å². The maximum atomic E-state index is 11.9. The van der Waals surface area contributed by atoms with Gasteiger partial charge in [-0.3, -0.25) is 4.72 Å². The maximum absolute atomic E-state index is 11.9. The molecule has 0 amide bonds. The van der Waals surface area contributed by atoms with Gasteiger partial charge in [-0.05, 0) is 67.8 Å². The highest BCUT2D eigenvalue weighted by Gasteiger charge is 2.37. The van der Waals surface area contributed by atoms with E-state index in [-0.39, 0.29) is 11.2 Å². The molecule has 1 aromatic carbocycles. The van der Waals surface area contributed by atoms with Gasteiger partial charge in [0, 0.05) is 12.2 Å². The summed E-state index contributed by atoms with van der Waals surface area (Å²) in [5.41, 5.74) is 2.01. The van der Waals surface area contributed by atoms with Crippen molar-refractivity contribution in [1.82, 2.24) is 4.90 Å². The average Bonchev–Trinajstić information content (AvgIpc) is 2.61. The van der Waals surface area contributed by atoms with Crippen LogP contribution in [0, 0.1) is 11.8 Å². The minimum atomic E-state index is -3.24. The number of nitrogens with zero attached hydrogens (tertiary/aromatic N) is 1. The van der Waals surface area contributed by atoms with Crippen LogP contribution in [0.2, 0.25) is 0 Å². The van der Waals surface area contributed by atoms with Gasteiger partial charge in [0.2, 0.25) is 10.0 Å². The topological polar surface area (TPSA) is 49.4 Å². The summed E-state index contributed by atoms with van der Waals surface area (Å²) >= 11 is 0. The lowest BCUT2D eigenvalue weighted by molar-refractivity contribution is 0.109. The van der Waals surface area contributed by atoms with Gasteiger partial charge in [0.15, 0.2) is 0 Å². The Bertz CT molecular complexity index is 702. The third-order valence-electron chi connectivity index (χ3n) is 6.25. The number of rotatable bonds is 9. The van der Waals surface area contributed by atoms with Gasteiger partial charge in [-0.25, -0.2) is 8.42 Å². The second-order valence-electron chi connectivity index (χ2n) is 8.85. The van der Waals surface area contributed by atoms with E-state index in [1.54, 1.807) is 6.92 Å². The lowest BCUT2D eigenvalue weighted by Crippen LogP contribution is -2.47. The fraction of sp³-hybridized carbons (Fsp3) is 0.727. The van der Waals surface area contributed by atoms with E-state index in [1.807, 2.05) is 18.2 Å². The van der Waals surface area contributed by atoms with Crippen LogP contribution in [0.3, 0.4) is 0 Å². The van der Waals surface area contributed by atoms with Gasteiger partial charge >= 0.3 is 0 Å². The Labute approximate surface area is 166 Å². The summed E-state index contributed by atoms with van der Waals surface area (Å²) in [7, 11) is -3.24. The standard InChI is InChI=1S/C22H38N2O2S/c1-6-27(25,26)23-21-12-9-11-20(16-21)22(5)13-15-24(17-19(22)4)14-8-7-10-18(2)3/h9,11-12,16,18-19,23H,6-8,10,13-15,17H2,1-5H3. The predicted molar refractivity (Wildman–Crippen MR) is 116 cm³/mol. The highest BCUT2D eigenvalue weighted by molar-refractivity contribution is 7.92. The van der Waals surface area contributed by atoms with Gasteiger partial charge in [0.25, 0.3) is 0 Å². The molecule has 2 unspecified atom stereocenters. The molecule has 0 spiro atoms. The van der Waals surface area contributed by atoms with Crippen molar-refractivity contribution >= 4 is 15.7 Å². The first kappa shape index (κ1) is 22.2. The molecule has 0 saturated carbocycles. The van der Waals surface area contributed by atoms with Crippen LogP contribution in [-0.2, 0) is 15.4 Å². The third kappa shape index (κ3) is 6.21. The van der Waals surface area contributed by atoms with Crippen molar-refractivity contribution in [3.63, 3.8) is 0 Å². The van der Waals surface area contributed by atoms with E-state index in [4.69, 9.17) is 0 Å². The summed E-state index contributed by atoms with van der Waals surface area (Å²) in [5, 5.41) is 0. The monoisotopic (exact) mass is 394 g/mol. The summed E-state index contributed by atoms with van der Waals surface area (Å²) in [4.78, 5) is 2.61. The fourth-order valence-corrected chi connectivity index (χ4v) is 4.66. The van der Waals surface area contributed by atoms with Gasteiger partial charge in [-0.1, -0.05) is 52.7 Å². The number of nitrogens with one attached hydrogen (secondary N) is 1. The molecule has 0 aliphatic carbocycles. The summed E-state index contributed by atoms with van der Waals surface area (Å²) in [6, 6.07) is 7.99. The molecule has 1 N–H and O–H groups in total. The van der Waals surface area contributed by atoms with Gasteiger partial charge < -0.3 is 4.90 Å². The number of unbranched alkanes of at least 4 members (excludes halogenated alkanes) is 1. The molecular formula is C22H38N2O2S. The fourth-order valence-electron chi connectivity index (χ4n) is 4.03. The molecule has 154 valence electrons. The molecule has 2 rings (SSSR count). The van der Waals surface area contributed by atoms with E-state index in [0.29, 0.717) is 11.6 Å². The smallest absolute Gasteiger partial charge is 0.232 e. The van der Waals surface area contributed by atoms with E-state index in [1.165, 1.54) is 31.4 Å². The minimum absolute atomic E-state index is 0.0854. The normalized spacial score (nSPS) is 24.3. The number of benzene rings is 1. The predicted octanol–water partition coefficient (Wildman–Crippen LogP) is 4.87. The van der Waals surface area contributed by atoms with Crippen molar-refractivity contribution in [2.75, 3.05) is 30.1 Å². The molecule has 1 aliphatic heterocycles. The number of likely N-dealkylation sites (tertiary alicyclic amines) is 1. The highest BCUT2D eigenvalue weighted by Crippen LogP contribution is 2.40. The van der Waals surface area contributed by atoms with Crippen molar-refractivity contribution in [1.29, 1.82) is 0 Å². The first-order valence-electron chi connectivity index (χ1n) is 10.5. The zero-order valence-electron chi connectivity index (χ0n) is 17.8. The lowest BCUT2D eigenvalue weighted by atomic mass is 9.68. The molecule has 4 nitrogen and oxygen atoms in total. The number of hydrogen-bond donors (Lipinski definition) is 1. The second kappa shape index (κ2) is 9.42. The zero-order valence-corrected chi connectivity index (χ0v) is 18.6. The molecule has 1 fully saturated rings. The van der Waals surface area contributed by atoms with Crippen LogP contribution in [0.5, 0.6) is 0 Å². The van der Waals surface area contributed by atoms with Crippen LogP contribution in [0.1, 0.15) is 65.9 Å². The second-order valence-corrected chi connectivity index (χ2v) is 10.9. The lowest BCUT2D eigenvalue weighted by Gasteiger charge is -2.45. The Morgan fingerprint density at radius 1 is 1.30 bits per heavy atom. The first-order valence-corrected chi connectivity index (χ1v) is 12.1. The van der Waals surface area contributed by atoms with Crippen LogP contribution >= 0.6 is 0 Å². The maximum Gasteiger partial charge on any atom is 0.232 e. The SMILES string of the molecule is CCS(=O)(=O)Nc1cccc(C2(C)CCN(CCCCC(C)C)CC2C)c1. The Morgan fingerprint density at radius 3 is 2.67 bits per heavy atom. The van der Waals surface area contributed by atoms with E-state index in [0.717, 1.165) is 25.4 Å². The average molecular weight is 395 g/mol. The van der Waals surface area contributed by atoms with Crippen molar-refractivity contribution in [3.05, 3.63) is 29.8 Å². The van der Waals surface area contributed by atoms with E-state index in [2.05, 4.69) is 43.4 Å². The quantitative estimate of drug-likeness (QED) is 0.608. The van der Waals surface area contributed by atoms with Crippen LogP contribution in [-0.4, -0.2) is 38.7 Å². The molecule has 2 atom stereocenters. The Hall–Kier alpha value is -1.07. The summed E-state index contributed by atoms with van der Waals surface area (Å²) in [5.74, 6) is 1.43. The van der Waals surface area contributed by atoms with Crippen LogP contribution in [0.15, 0.2) is 24.3 Å². The molecule has 1 aromatic rings. The Kier molecular flexibility index (Phi) is 7.75. The summed E-state index contributed by atoms with van der Waals surface area (Å²) in [6.07, 6.45) is 5.04. The molecule has 5 heteroatoms. The van der Waals surface area contributed by atoms with Crippen LogP contribution in [0.25, 0.3) is 0 Å². The van der Waals surface area contributed by atoms with Crippen molar-refractivity contribution in [3.8, 4) is 0 Å². The number of sulfonamides is 1. The highest BCUT2D eigenvalue weighted by atomic mass is 32.2. The van der Waals surface area contributed by atoms with Gasteiger partial charge in [0.05, 0.1) is 5.75 Å². The Balaban J connectivity index is 2.00. The van der Waals surface area contributed by atoms with Gasteiger partial charge in [-0.2, -0.15) is 0 Å². The molecule has 0 aromatic heterocycles. The first-order chi connectivity index (χ1) is 12.7. The van der Waals surface area contributed by atoms with E-state index in [9.17, 15) is 8.42 Å². The van der Waals surface area contributed by atoms with Crippen LogP contribution in [0.4, 0.5) is 5.69 Å². The molecule has 0 bridgehead atoms. The van der Waals surface area contributed by atoms with Crippen molar-refractivity contribution < 1.29 is 8.42 Å². The number of anilines is 1. The van der Waals surface area contributed by atoms with Crippen molar-refractivity contribution in [2.45, 2.75) is 65.7 Å². The Morgan fingerprint density at radius 2 is 2.04 bits per heavy atom. The number of piperidine rings is 1. The molecule has 0 radical (unpaired) electrons.